The van der Waals surface area contributed by atoms with Gasteiger partial charge in [0.05, 0.1) is 6.61 Å². The molecule has 0 aromatic carbocycles. The number of esters is 1. The SMILES string of the molecule is CCCCCCCCCCC(CC)COC(=O)CCCCC(C)C. The van der Waals surface area contributed by atoms with E-state index in [4.69, 9.17) is 4.74 Å². The van der Waals surface area contributed by atoms with Crippen molar-refractivity contribution < 1.29 is 9.53 Å². The maximum absolute atomic E-state index is 11.8. The predicted octanol–water partition coefficient (Wildman–Crippen LogP) is 7.30. The first-order valence-electron chi connectivity index (χ1n) is 10.8. The fourth-order valence-corrected chi connectivity index (χ4v) is 3.08. The number of hydrogen-bond donors (Lipinski definition) is 0. The summed E-state index contributed by atoms with van der Waals surface area (Å²) in [6.07, 6.45) is 17.2. The summed E-state index contributed by atoms with van der Waals surface area (Å²) in [4.78, 5) is 11.8. The Balaban J connectivity index is 3.52. The van der Waals surface area contributed by atoms with E-state index < -0.39 is 0 Å². The van der Waals surface area contributed by atoms with Gasteiger partial charge in [0.15, 0.2) is 0 Å². The quantitative estimate of drug-likeness (QED) is 0.205. The number of carbonyl (C=O) groups is 1. The van der Waals surface area contributed by atoms with E-state index in [1.807, 2.05) is 0 Å². The van der Waals surface area contributed by atoms with Crippen LogP contribution in [0.1, 0.15) is 118 Å². The van der Waals surface area contributed by atoms with Crippen LogP contribution in [-0.4, -0.2) is 12.6 Å². The highest BCUT2D eigenvalue weighted by Gasteiger charge is 2.10. The first-order valence-corrected chi connectivity index (χ1v) is 10.8. The van der Waals surface area contributed by atoms with Crippen molar-refractivity contribution in [2.45, 2.75) is 118 Å². The summed E-state index contributed by atoms with van der Waals surface area (Å²) in [5, 5.41) is 0. The van der Waals surface area contributed by atoms with Crippen molar-refractivity contribution in [2.24, 2.45) is 11.8 Å². The summed E-state index contributed by atoms with van der Waals surface area (Å²) in [5.74, 6) is 1.30. The lowest BCUT2D eigenvalue weighted by Crippen LogP contribution is -2.13. The molecule has 0 aromatic heterocycles. The molecule has 1 unspecified atom stereocenters. The van der Waals surface area contributed by atoms with Gasteiger partial charge in [-0.15, -0.1) is 0 Å². The highest BCUT2D eigenvalue weighted by Crippen LogP contribution is 2.17. The number of carbonyl (C=O) groups excluding carboxylic acids is 1. The van der Waals surface area contributed by atoms with Crippen LogP contribution in [0.5, 0.6) is 0 Å². The van der Waals surface area contributed by atoms with Gasteiger partial charge in [0.1, 0.15) is 0 Å². The molecule has 0 saturated heterocycles. The van der Waals surface area contributed by atoms with E-state index in [0.717, 1.165) is 25.2 Å². The van der Waals surface area contributed by atoms with Crippen LogP contribution in [0.25, 0.3) is 0 Å². The fourth-order valence-electron chi connectivity index (χ4n) is 3.08. The normalized spacial score (nSPS) is 12.5. The zero-order valence-corrected chi connectivity index (χ0v) is 17.1. The molecular formula is C22H44O2. The lowest BCUT2D eigenvalue weighted by molar-refractivity contribution is -0.145. The van der Waals surface area contributed by atoms with Crippen molar-refractivity contribution in [3.05, 3.63) is 0 Å². The predicted molar refractivity (Wildman–Crippen MR) is 105 cm³/mol. The molecule has 0 aliphatic heterocycles. The van der Waals surface area contributed by atoms with Crippen molar-refractivity contribution in [3.8, 4) is 0 Å². The van der Waals surface area contributed by atoms with E-state index in [0.29, 0.717) is 18.9 Å². The molecule has 24 heavy (non-hydrogen) atoms. The third kappa shape index (κ3) is 16.3. The molecule has 0 saturated carbocycles. The summed E-state index contributed by atoms with van der Waals surface area (Å²) in [6.45, 7) is 9.58. The van der Waals surface area contributed by atoms with E-state index in [1.54, 1.807) is 0 Å². The van der Waals surface area contributed by atoms with Crippen LogP contribution in [0, 0.1) is 11.8 Å². The van der Waals surface area contributed by atoms with Crippen molar-refractivity contribution in [1.29, 1.82) is 0 Å². The Kier molecular flexibility index (Phi) is 16.9. The first kappa shape index (κ1) is 23.5. The van der Waals surface area contributed by atoms with E-state index >= 15 is 0 Å². The zero-order valence-electron chi connectivity index (χ0n) is 17.1. The van der Waals surface area contributed by atoms with Gasteiger partial charge in [0, 0.05) is 6.42 Å². The largest absolute Gasteiger partial charge is 0.465 e. The molecule has 0 fully saturated rings. The molecule has 0 radical (unpaired) electrons. The summed E-state index contributed by atoms with van der Waals surface area (Å²) in [7, 11) is 0. The summed E-state index contributed by atoms with van der Waals surface area (Å²) < 4.78 is 5.49. The van der Waals surface area contributed by atoms with Gasteiger partial charge in [0.2, 0.25) is 0 Å². The molecule has 0 N–H and O–H groups in total. The molecule has 0 spiro atoms. The second kappa shape index (κ2) is 17.3. The number of unbranched alkanes of at least 4 members (excludes halogenated alkanes) is 8. The van der Waals surface area contributed by atoms with E-state index in [9.17, 15) is 4.79 Å². The van der Waals surface area contributed by atoms with Crippen molar-refractivity contribution in [1.82, 2.24) is 0 Å². The number of rotatable bonds is 17. The van der Waals surface area contributed by atoms with Crippen LogP contribution in [-0.2, 0) is 9.53 Å². The van der Waals surface area contributed by atoms with Gasteiger partial charge >= 0.3 is 5.97 Å². The van der Waals surface area contributed by atoms with Gasteiger partial charge < -0.3 is 4.74 Å². The molecule has 0 heterocycles. The topological polar surface area (TPSA) is 26.3 Å². The van der Waals surface area contributed by atoms with Gasteiger partial charge in [-0.25, -0.2) is 0 Å². The summed E-state index contributed by atoms with van der Waals surface area (Å²) in [5.41, 5.74) is 0. The summed E-state index contributed by atoms with van der Waals surface area (Å²) in [6, 6.07) is 0. The molecular weight excluding hydrogens is 296 g/mol. The lowest BCUT2D eigenvalue weighted by atomic mass is 9.98. The Labute approximate surface area is 152 Å². The van der Waals surface area contributed by atoms with Crippen molar-refractivity contribution in [3.63, 3.8) is 0 Å². The van der Waals surface area contributed by atoms with E-state index in [-0.39, 0.29) is 5.97 Å². The van der Waals surface area contributed by atoms with Crippen LogP contribution < -0.4 is 0 Å². The molecule has 2 heteroatoms. The molecule has 0 aliphatic carbocycles. The molecule has 0 aromatic rings. The Morgan fingerprint density at radius 3 is 1.96 bits per heavy atom. The minimum Gasteiger partial charge on any atom is -0.465 e. The molecule has 0 amide bonds. The maximum atomic E-state index is 11.8. The molecule has 0 rings (SSSR count). The average Bonchev–Trinajstić information content (AvgIpc) is 2.56. The highest BCUT2D eigenvalue weighted by atomic mass is 16.5. The average molecular weight is 341 g/mol. The van der Waals surface area contributed by atoms with E-state index in [1.165, 1.54) is 64.2 Å². The minimum absolute atomic E-state index is 0.00753. The fraction of sp³-hybridized carbons (Fsp3) is 0.955. The smallest absolute Gasteiger partial charge is 0.305 e. The van der Waals surface area contributed by atoms with Gasteiger partial charge in [-0.1, -0.05) is 98.3 Å². The number of hydrogen-bond acceptors (Lipinski definition) is 2. The second-order valence-corrected chi connectivity index (χ2v) is 7.86. The summed E-state index contributed by atoms with van der Waals surface area (Å²) >= 11 is 0. The molecule has 1 atom stereocenters. The van der Waals surface area contributed by atoms with Gasteiger partial charge in [-0.3, -0.25) is 4.79 Å². The van der Waals surface area contributed by atoms with Gasteiger partial charge in [0.25, 0.3) is 0 Å². The van der Waals surface area contributed by atoms with Crippen LogP contribution in [0.4, 0.5) is 0 Å². The first-order chi connectivity index (χ1) is 11.6. The number of ether oxygens (including phenoxy) is 1. The monoisotopic (exact) mass is 340 g/mol. The Hall–Kier alpha value is -0.530. The van der Waals surface area contributed by atoms with E-state index in [2.05, 4.69) is 27.7 Å². The van der Waals surface area contributed by atoms with Crippen molar-refractivity contribution in [2.75, 3.05) is 6.61 Å². The van der Waals surface area contributed by atoms with Crippen LogP contribution >= 0.6 is 0 Å². The Morgan fingerprint density at radius 1 is 0.792 bits per heavy atom. The van der Waals surface area contributed by atoms with Gasteiger partial charge in [-0.05, 0) is 24.7 Å². The van der Waals surface area contributed by atoms with Crippen LogP contribution in [0.2, 0.25) is 0 Å². The van der Waals surface area contributed by atoms with Crippen molar-refractivity contribution >= 4 is 5.97 Å². The third-order valence-corrected chi connectivity index (χ3v) is 4.94. The molecule has 144 valence electrons. The van der Waals surface area contributed by atoms with Crippen LogP contribution in [0.3, 0.4) is 0 Å². The molecule has 0 aliphatic rings. The lowest BCUT2D eigenvalue weighted by Gasteiger charge is -2.15. The second-order valence-electron chi connectivity index (χ2n) is 7.86. The highest BCUT2D eigenvalue weighted by molar-refractivity contribution is 5.69. The maximum Gasteiger partial charge on any atom is 0.305 e. The minimum atomic E-state index is 0.00753. The Morgan fingerprint density at radius 2 is 1.38 bits per heavy atom. The molecule has 2 nitrogen and oxygen atoms in total. The standard InChI is InChI=1S/C22H44O2/c1-5-7-8-9-10-11-12-13-17-21(6-2)19-24-22(23)18-15-14-16-20(3)4/h20-21H,5-19H2,1-4H3. The van der Waals surface area contributed by atoms with Crippen LogP contribution in [0.15, 0.2) is 0 Å². The Bertz CT molecular complexity index is 273. The molecule has 0 bridgehead atoms. The van der Waals surface area contributed by atoms with Gasteiger partial charge in [-0.2, -0.15) is 0 Å². The third-order valence-electron chi connectivity index (χ3n) is 4.94. The zero-order chi connectivity index (χ0) is 18.0.